The first-order chi connectivity index (χ1) is 14.8. The van der Waals surface area contributed by atoms with E-state index in [4.69, 9.17) is 9.97 Å². The standard InChI is InChI=1S/C18H14N6S6/c1-3-11-7-25-15-21-23-17(29-15)27-9-13-5-2-6-14(20-13)10-28-18-24-22-16(30-18)26-8-12(4-1)19-11/h1-6H,7-10H2. The number of nitrogens with zero attached hydrogens (tertiary/aromatic N) is 6. The molecule has 1 aliphatic heterocycles. The van der Waals surface area contributed by atoms with Gasteiger partial charge in [0.05, 0.1) is 22.8 Å². The quantitative estimate of drug-likeness (QED) is 0.298. The van der Waals surface area contributed by atoms with Gasteiger partial charge in [0, 0.05) is 23.0 Å². The molecule has 6 nitrogen and oxygen atoms in total. The highest BCUT2D eigenvalue weighted by molar-refractivity contribution is 8.03. The summed E-state index contributed by atoms with van der Waals surface area (Å²) in [5, 5.41) is 17.3. The predicted octanol–water partition coefficient (Wildman–Crippen LogP) is 5.66. The molecule has 30 heavy (non-hydrogen) atoms. The first kappa shape index (κ1) is 20.7. The van der Waals surface area contributed by atoms with Gasteiger partial charge in [0.2, 0.25) is 0 Å². The minimum atomic E-state index is 0.779. The van der Waals surface area contributed by atoms with Crippen LogP contribution in [0.25, 0.3) is 0 Å². The molecule has 0 spiro atoms. The van der Waals surface area contributed by atoms with Crippen LogP contribution < -0.4 is 0 Å². The SMILES string of the molecule is c1cc2nc(c1)CSc1nnc(s1)SCc1cccc(n1)CSc1nnc(s1)SC2. The predicted molar refractivity (Wildman–Crippen MR) is 127 cm³/mol. The number of hydrogen-bond donors (Lipinski definition) is 0. The van der Waals surface area contributed by atoms with Gasteiger partial charge in [-0.15, -0.1) is 20.4 Å². The van der Waals surface area contributed by atoms with Gasteiger partial charge in [-0.1, -0.05) is 81.9 Å². The van der Waals surface area contributed by atoms with Crippen molar-refractivity contribution < 1.29 is 0 Å². The highest BCUT2D eigenvalue weighted by Gasteiger charge is 2.11. The lowest BCUT2D eigenvalue weighted by Crippen LogP contribution is -1.92. The maximum atomic E-state index is 4.78. The van der Waals surface area contributed by atoms with Gasteiger partial charge in [-0.3, -0.25) is 9.97 Å². The molecule has 152 valence electrons. The topological polar surface area (TPSA) is 77.3 Å². The van der Waals surface area contributed by atoms with Gasteiger partial charge in [-0.25, -0.2) is 0 Å². The monoisotopic (exact) mass is 506 g/mol. The Kier molecular flexibility index (Phi) is 6.88. The van der Waals surface area contributed by atoms with Gasteiger partial charge in [0.1, 0.15) is 0 Å². The van der Waals surface area contributed by atoms with Crippen LogP contribution in [0.1, 0.15) is 22.8 Å². The number of rotatable bonds is 0. The Labute approximate surface area is 198 Å². The molecular formula is C18H14N6S6. The van der Waals surface area contributed by atoms with Crippen molar-refractivity contribution >= 4 is 69.7 Å². The van der Waals surface area contributed by atoms with Crippen molar-refractivity contribution in [2.24, 2.45) is 0 Å². The Morgan fingerprint density at radius 1 is 0.467 bits per heavy atom. The number of fused-ring (bicyclic) bond motifs is 8. The molecule has 0 aromatic carbocycles. The van der Waals surface area contributed by atoms with Crippen LogP contribution in [-0.2, 0) is 23.0 Å². The highest BCUT2D eigenvalue weighted by Crippen LogP contribution is 2.34. The van der Waals surface area contributed by atoms with E-state index in [-0.39, 0.29) is 0 Å². The first-order valence-corrected chi connectivity index (χ1v) is 14.5. The average Bonchev–Trinajstić information content (AvgIpc) is 3.43. The van der Waals surface area contributed by atoms with E-state index in [1.54, 1.807) is 69.7 Å². The van der Waals surface area contributed by atoms with E-state index in [1.807, 2.05) is 0 Å². The van der Waals surface area contributed by atoms with E-state index in [9.17, 15) is 0 Å². The molecule has 1 aliphatic rings. The lowest BCUT2D eigenvalue weighted by atomic mass is 10.3. The van der Waals surface area contributed by atoms with Crippen molar-refractivity contribution in [3.63, 3.8) is 0 Å². The van der Waals surface area contributed by atoms with Crippen molar-refractivity contribution in [3.8, 4) is 0 Å². The van der Waals surface area contributed by atoms with E-state index in [0.29, 0.717) is 0 Å². The van der Waals surface area contributed by atoms with Gasteiger partial charge < -0.3 is 0 Å². The van der Waals surface area contributed by atoms with Gasteiger partial charge >= 0.3 is 0 Å². The van der Waals surface area contributed by atoms with Gasteiger partial charge in [0.15, 0.2) is 17.4 Å². The minimum absolute atomic E-state index is 0.779. The van der Waals surface area contributed by atoms with Crippen LogP contribution in [0.5, 0.6) is 0 Å². The summed E-state index contributed by atoms with van der Waals surface area (Å²) in [5.41, 5.74) is 4.19. The third kappa shape index (κ3) is 5.54. The molecule has 0 atom stereocenters. The van der Waals surface area contributed by atoms with Crippen LogP contribution in [-0.4, -0.2) is 30.4 Å². The fraction of sp³-hybridized carbons (Fsp3) is 0.222. The molecule has 8 bridgehead atoms. The second kappa shape index (κ2) is 9.96. The molecule has 12 heteroatoms. The van der Waals surface area contributed by atoms with Crippen LogP contribution >= 0.6 is 69.7 Å². The second-order valence-corrected chi connectivity index (χ2v) is 12.9. The molecule has 0 fully saturated rings. The van der Waals surface area contributed by atoms with Crippen LogP contribution in [0.3, 0.4) is 0 Å². The molecule has 0 unspecified atom stereocenters. The Morgan fingerprint density at radius 3 is 1.07 bits per heavy atom. The number of hydrogen-bond acceptors (Lipinski definition) is 12. The summed E-state index contributed by atoms with van der Waals surface area (Å²) in [4.78, 5) is 9.56. The van der Waals surface area contributed by atoms with Gasteiger partial charge in [0.25, 0.3) is 0 Å². The van der Waals surface area contributed by atoms with E-state index in [2.05, 4.69) is 56.8 Å². The highest BCUT2D eigenvalue weighted by atomic mass is 32.2. The van der Waals surface area contributed by atoms with Gasteiger partial charge in [-0.2, -0.15) is 0 Å². The van der Waals surface area contributed by atoms with E-state index >= 15 is 0 Å². The molecule has 4 aromatic rings. The van der Waals surface area contributed by atoms with Crippen molar-refractivity contribution in [2.75, 3.05) is 0 Å². The number of aromatic nitrogens is 6. The van der Waals surface area contributed by atoms with E-state index in [1.165, 1.54) is 0 Å². The third-order valence-electron chi connectivity index (χ3n) is 3.88. The maximum Gasteiger partial charge on any atom is 0.175 e. The summed E-state index contributed by atoms with van der Waals surface area (Å²) in [6, 6.07) is 12.4. The maximum absolute atomic E-state index is 4.78. The Morgan fingerprint density at radius 2 is 0.767 bits per heavy atom. The van der Waals surface area contributed by atoms with Gasteiger partial charge in [-0.05, 0) is 24.3 Å². The lowest BCUT2D eigenvalue weighted by Gasteiger charge is -2.03. The van der Waals surface area contributed by atoms with Crippen molar-refractivity contribution in [2.45, 2.75) is 40.4 Å². The van der Waals surface area contributed by atoms with E-state index in [0.717, 1.165) is 63.1 Å². The van der Waals surface area contributed by atoms with Crippen molar-refractivity contribution in [3.05, 3.63) is 59.2 Å². The average molecular weight is 507 g/mol. The van der Waals surface area contributed by atoms with Crippen LogP contribution in [0.15, 0.2) is 53.8 Å². The van der Waals surface area contributed by atoms with E-state index < -0.39 is 0 Å². The third-order valence-corrected chi connectivity index (χ3v) is 10.4. The molecular weight excluding hydrogens is 493 g/mol. The number of pyridine rings is 2. The summed E-state index contributed by atoms with van der Waals surface area (Å²) in [7, 11) is 0. The zero-order chi connectivity index (χ0) is 20.2. The summed E-state index contributed by atoms with van der Waals surface area (Å²) in [6.07, 6.45) is 0. The minimum Gasteiger partial charge on any atom is -0.256 e. The molecule has 5 rings (SSSR count). The Bertz CT molecular complexity index is 980. The van der Waals surface area contributed by atoms with Crippen LogP contribution in [0.4, 0.5) is 0 Å². The number of thioether (sulfide) groups is 4. The summed E-state index contributed by atoms with van der Waals surface area (Å²) in [6.45, 7) is 0. The summed E-state index contributed by atoms with van der Waals surface area (Å²) < 4.78 is 3.86. The summed E-state index contributed by atoms with van der Waals surface area (Å²) in [5.74, 6) is 3.12. The smallest absolute Gasteiger partial charge is 0.175 e. The fourth-order valence-electron chi connectivity index (χ4n) is 2.55. The molecule has 0 saturated heterocycles. The normalized spacial score (nSPS) is 14.9. The van der Waals surface area contributed by atoms with Crippen molar-refractivity contribution in [1.29, 1.82) is 0 Å². The zero-order valence-corrected chi connectivity index (χ0v) is 20.3. The zero-order valence-electron chi connectivity index (χ0n) is 15.4. The fourth-order valence-corrected chi connectivity index (χ4v) is 8.21. The second-order valence-electron chi connectivity index (χ2n) is 6.06. The lowest BCUT2D eigenvalue weighted by molar-refractivity contribution is 0.950. The largest absolute Gasteiger partial charge is 0.256 e. The van der Waals surface area contributed by atoms with Crippen LogP contribution in [0, 0.1) is 0 Å². The molecule has 4 aromatic heterocycles. The first-order valence-electron chi connectivity index (χ1n) is 8.88. The molecule has 0 amide bonds. The van der Waals surface area contributed by atoms with Crippen LogP contribution in [0.2, 0.25) is 0 Å². The Hall–Kier alpha value is -1.18. The molecule has 0 saturated carbocycles. The molecule has 0 radical (unpaired) electrons. The summed E-state index contributed by atoms with van der Waals surface area (Å²) >= 11 is 9.97. The molecule has 0 N–H and O–H groups in total. The molecule has 5 heterocycles. The Balaban J connectivity index is 1.38. The molecule has 0 aliphatic carbocycles. The van der Waals surface area contributed by atoms with Crippen molar-refractivity contribution in [1.82, 2.24) is 30.4 Å².